The number of pyridine rings is 1. The summed E-state index contributed by atoms with van der Waals surface area (Å²) in [7, 11) is 0. The molecule has 0 aliphatic carbocycles. The molecule has 0 fully saturated rings. The Hall–Kier alpha value is -3.11. The average Bonchev–Trinajstić information content (AvgIpc) is 2.64. The number of aromatic nitrogens is 1. The predicted octanol–water partition coefficient (Wildman–Crippen LogP) is 5.18. The maximum absolute atomic E-state index is 11.9. The minimum Gasteiger partial charge on any atom is -0.456 e. The second-order valence-electron chi connectivity index (χ2n) is 5.17. The van der Waals surface area contributed by atoms with Gasteiger partial charge in [0, 0.05) is 24.2 Å². The fraction of sp³-hybridized carbons (Fsp3) is 0. The maximum Gasteiger partial charge on any atom is 0.248 e. The van der Waals surface area contributed by atoms with E-state index in [9.17, 15) is 4.79 Å². The Balaban J connectivity index is 1.60. The van der Waals surface area contributed by atoms with E-state index in [-0.39, 0.29) is 5.91 Å². The Bertz CT molecular complexity index is 878. The highest BCUT2D eigenvalue weighted by Gasteiger charge is 2.03. The minimum atomic E-state index is -0.219. The third-order valence-corrected chi connectivity index (χ3v) is 3.61. The molecule has 124 valence electrons. The number of hydrogen-bond donors (Lipinski definition) is 1. The number of benzene rings is 2. The quantitative estimate of drug-likeness (QED) is 0.645. The van der Waals surface area contributed by atoms with E-state index in [1.165, 1.54) is 6.08 Å². The van der Waals surface area contributed by atoms with Gasteiger partial charge >= 0.3 is 0 Å². The first kappa shape index (κ1) is 16.7. The lowest BCUT2D eigenvalue weighted by Gasteiger charge is -2.08. The van der Waals surface area contributed by atoms with Crippen molar-refractivity contribution >= 4 is 29.3 Å². The molecule has 2 aromatic carbocycles. The van der Waals surface area contributed by atoms with E-state index in [2.05, 4.69) is 10.3 Å². The molecule has 3 aromatic rings. The first-order valence-corrected chi connectivity index (χ1v) is 8.00. The summed E-state index contributed by atoms with van der Waals surface area (Å²) >= 11 is 6.07. The molecule has 0 saturated carbocycles. The van der Waals surface area contributed by atoms with Crippen LogP contribution in [0.5, 0.6) is 11.5 Å². The Morgan fingerprint density at radius 2 is 1.84 bits per heavy atom. The van der Waals surface area contributed by atoms with E-state index in [1.54, 1.807) is 54.9 Å². The van der Waals surface area contributed by atoms with Gasteiger partial charge in [0.05, 0.1) is 5.02 Å². The van der Waals surface area contributed by atoms with Crippen molar-refractivity contribution in [3.63, 3.8) is 0 Å². The normalized spacial score (nSPS) is 10.6. The van der Waals surface area contributed by atoms with Crippen LogP contribution in [0, 0.1) is 0 Å². The van der Waals surface area contributed by atoms with Crippen LogP contribution in [0.1, 0.15) is 5.56 Å². The van der Waals surface area contributed by atoms with Crippen molar-refractivity contribution < 1.29 is 9.53 Å². The van der Waals surface area contributed by atoms with Crippen LogP contribution in [-0.4, -0.2) is 10.9 Å². The Morgan fingerprint density at radius 1 is 1.04 bits per heavy atom. The summed E-state index contributed by atoms with van der Waals surface area (Å²) in [6.07, 6.45) is 6.54. The zero-order chi connectivity index (χ0) is 17.5. The van der Waals surface area contributed by atoms with Crippen LogP contribution in [-0.2, 0) is 4.79 Å². The number of hydrogen-bond acceptors (Lipinski definition) is 3. The lowest BCUT2D eigenvalue weighted by atomic mass is 10.2. The average molecular weight is 351 g/mol. The van der Waals surface area contributed by atoms with E-state index >= 15 is 0 Å². The molecular weight excluding hydrogens is 336 g/mol. The molecule has 0 saturated heterocycles. The number of nitrogens with one attached hydrogen (secondary N) is 1. The van der Waals surface area contributed by atoms with Crippen molar-refractivity contribution in [1.29, 1.82) is 0 Å². The molecule has 25 heavy (non-hydrogen) atoms. The fourth-order valence-electron chi connectivity index (χ4n) is 2.09. The first-order valence-electron chi connectivity index (χ1n) is 7.62. The molecule has 1 aromatic heterocycles. The van der Waals surface area contributed by atoms with Gasteiger partial charge in [0.1, 0.15) is 11.5 Å². The number of halogens is 1. The summed E-state index contributed by atoms with van der Waals surface area (Å²) in [5, 5.41) is 3.33. The van der Waals surface area contributed by atoms with Crippen molar-refractivity contribution in [2.75, 3.05) is 5.32 Å². The highest BCUT2D eigenvalue weighted by atomic mass is 35.5. The molecule has 1 heterocycles. The van der Waals surface area contributed by atoms with Gasteiger partial charge in [0.15, 0.2) is 0 Å². The molecule has 0 unspecified atom stereocenters. The topological polar surface area (TPSA) is 51.2 Å². The third kappa shape index (κ3) is 4.93. The molecule has 0 spiro atoms. The monoisotopic (exact) mass is 350 g/mol. The molecule has 0 aliphatic heterocycles. The zero-order valence-corrected chi connectivity index (χ0v) is 14.0. The molecule has 1 N–H and O–H groups in total. The second kappa shape index (κ2) is 8.13. The number of carbonyl (C=O) groups excluding carboxylic acids is 1. The van der Waals surface area contributed by atoms with E-state index in [0.717, 1.165) is 5.56 Å². The molecular formula is C20H15ClN2O2. The summed E-state index contributed by atoms with van der Waals surface area (Å²) < 4.78 is 5.71. The predicted molar refractivity (Wildman–Crippen MR) is 99.9 cm³/mol. The summed E-state index contributed by atoms with van der Waals surface area (Å²) in [5.41, 5.74) is 1.54. The van der Waals surface area contributed by atoms with Crippen LogP contribution in [0.3, 0.4) is 0 Å². The molecule has 0 aliphatic rings. The van der Waals surface area contributed by atoms with Gasteiger partial charge in [-0.05, 0) is 54.1 Å². The largest absolute Gasteiger partial charge is 0.456 e. The van der Waals surface area contributed by atoms with Crippen LogP contribution in [0.25, 0.3) is 6.08 Å². The van der Waals surface area contributed by atoms with Gasteiger partial charge in [0.2, 0.25) is 5.91 Å². The number of rotatable bonds is 5. The Morgan fingerprint density at radius 3 is 2.56 bits per heavy atom. The number of anilines is 1. The summed E-state index contributed by atoms with van der Waals surface area (Å²) in [5.74, 6) is 1.00. The highest BCUT2D eigenvalue weighted by molar-refractivity contribution is 6.32. The van der Waals surface area contributed by atoms with E-state index in [4.69, 9.17) is 16.3 Å². The summed E-state index contributed by atoms with van der Waals surface area (Å²) in [6.45, 7) is 0. The van der Waals surface area contributed by atoms with Gasteiger partial charge in [-0.25, -0.2) is 0 Å². The van der Waals surface area contributed by atoms with Crippen LogP contribution in [0.4, 0.5) is 5.69 Å². The number of para-hydroxylation sites is 1. The standard InChI is InChI=1S/C20H15ClN2O2/c21-18-5-1-2-6-19(18)25-17-10-8-16(9-11-17)23-20(24)12-7-15-4-3-13-22-14-15/h1-14H,(H,23,24)/b12-7+. The van der Waals surface area contributed by atoms with E-state index in [1.807, 2.05) is 24.3 Å². The molecule has 1 amide bonds. The molecule has 0 atom stereocenters. The molecule has 3 rings (SSSR count). The SMILES string of the molecule is O=C(/C=C/c1cccnc1)Nc1ccc(Oc2ccccc2Cl)cc1. The van der Waals surface area contributed by atoms with Gasteiger partial charge in [-0.3, -0.25) is 9.78 Å². The van der Waals surface area contributed by atoms with Crippen molar-refractivity contribution in [3.05, 3.63) is 89.7 Å². The highest BCUT2D eigenvalue weighted by Crippen LogP contribution is 2.29. The van der Waals surface area contributed by atoms with Crippen LogP contribution in [0.2, 0.25) is 5.02 Å². The number of ether oxygens (including phenoxy) is 1. The van der Waals surface area contributed by atoms with Crippen molar-refractivity contribution in [2.24, 2.45) is 0 Å². The van der Waals surface area contributed by atoms with Gasteiger partial charge in [0.25, 0.3) is 0 Å². The van der Waals surface area contributed by atoms with Crippen molar-refractivity contribution in [2.45, 2.75) is 0 Å². The first-order chi connectivity index (χ1) is 12.2. The lowest BCUT2D eigenvalue weighted by Crippen LogP contribution is -2.07. The zero-order valence-electron chi connectivity index (χ0n) is 13.2. The maximum atomic E-state index is 11.9. The third-order valence-electron chi connectivity index (χ3n) is 3.30. The number of carbonyl (C=O) groups is 1. The molecule has 0 bridgehead atoms. The smallest absolute Gasteiger partial charge is 0.248 e. The fourth-order valence-corrected chi connectivity index (χ4v) is 2.27. The van der Waals surface area contributed by atoms with E-state index < -0.39 is 0 Å². The summed E-state index contributed by atoms with van der Waals surface area (Å²) in [6, 6.07) is 18.0. The summed E-state index contributed by atoms with van der Waals surface area (Å²) in [4.78, 5) is 15.9. The van der Waals surface area contributed by atoms with Gasteiger partial charge in [-0.1, -0.05) is 29.8 Å². The van der Waals surface area contributed by atoms with Crippen LogP contribution < -0.4 is 10.1 Å². The van der Waals surface area contributed by atoms with Crippen LogP contribution >= 0.6 is 11.6 Å². The van der Waals surface area contributed by atoms with Gasteiger partial charge in [-0.15, -0.1) is 0 Å². The Labute approximate surface area is 150 Å². The minimum absolute atomic E-state index is 0.219. The molecule has 4 nitrogen and oxygen atoms in total. The van der Waals surface area contributed by atoms with E-state index in [0.29, 0.717) is 22.2 Å². The van der Waals surface area contributed by atoms with Crippen LogP contribution in [0.15, 0.2) is 79.1 Å². The molecule has 5 heteroatoms. The van der Waals surface area contributed by atoms with Gasteiger partial charge < -0.3 is 10.1 Å². The number of amides is 1. The van der Waals surface area contributed by atoms with Crippen molar-refractivity contribution in [3.8, 4) is 11.5 Å². The second-order valence-corrected chi connectivity index (χ2v) is 5.57. The Kier molecular flexibility index (Phi) is 5.44. The lowest BCUT2D eigenvalue weighted by molar-refractivity contribution is -0.111. The molecule has 0 radical (unpaired) electrons. The number of nitrogens with zero attached hydrogens (tertiary/aromatic N) is 1. The van der Waals surface area contributed by atoms with Gasteiger partial charge in [-0.2, -0.15) is 0 Å². The van der Waals surface area contributed by atoms with Crippen molar-refractivity contribution in [1.82, 2.24) is 4.98 Å².